The van der Waals surface area contributed by atoms with E-state index < -0.39 is 0 Å². The van der Waals surface area contributed by atoms with Gasteiger partial charge in [-0.05, 0) is 65.8 Å². The lowest BCUT2D eigenvalue weighted by Crippen LogP contribution is -2.19. The fourth-order valence-electron chi connectivity index (χ4n) is 3.68. The molecule has 0 radical (unpaired) electrons. The maximum absolute atomic E-state index is 6.15. The highest BCUT2D eigenvalue weighted by Crippen LogP contribution is 2.25. The van der Waals surface area contributed by atoms with Gasteiger partial charge in [0.05, 0.1) is 18.4 Å². The van der Waals surface area contributed by atoms with Crippen LogP contribution in [0.5, 0.6) is 5.75 Å². The number of nitrogens with two attached hydrogens (primary N) is 3. The van der Waals surface area contributed by atoms with Crippen LogP contribution in [-0.2, 0) is 13.0 Å². The van der Waals surface area contributed by atoms with Gasteiger partial charge in [-0.3, -0.25) is 4.68 Å². The average molecular weight is 447 g/mol. The monoisotopic (exact) mass is 446 g/mol. The highest BCUT2D eigenvalue weighted by molar-refractivity contribution is 5.84. The lowest BCUT2D eigenvalue weighted by molar-refractivity contribution is 0.261. The van der Waals surface area contributed by atoms with Crippen LogP contribution in [0.3, 0.4) is 0 Å². The highest BCUT2D eigenvalue weighted by Gasteiger charge is 2.10. The molecule has 0 aliphatic rings. The van der Waals surface area contributed by atoms with E-state index in [4.69, 9.17) is 22.0 Å². The van der Waals surface area contributed by atoms with Crippen molar-refractivity contribution >= 4 is 28.1 Å². The molecule has 0 spiro atoms. The molecule has 0 fully saturated rings. The number of benzene rings is 2. The Bertz CT molecular complexity index is 1250. The van der Waals surface area contributed by atoms with Crippen molar-refractivity contribution in [3.05, 3.63) is 71.5 Å². The summed E-state index contributed by atoms with van der Waals surface area (Å²) in [5.41, 5.74) is 18.0. The molecule has 7 N–H and O–H groups in total. The quantitative estimate of drug-likeness (QED) is 0.228. The number of anilines is 3. The minimum absolute atomic E-state index is 0.363. The van der Waals surface area contributed by atoms with Gasteiger partial charge in [0.1, 0.15) is 18.2 Å². The Kier molecular flexibility index (Phi) is 6.62. The number of rotatable bonds is 9. The number of hydrogen-bond acceptors (Lipinski definition) is 8. The zero-order valence-corrected chi connectivity index (χ0v) is 19.0. The van der Waals surface area contributed by atoms with Crippen LogP contribution in [0, 0.1) is 0 Å². The van der Waals surface area contributed by atoms with E-state index in [-0.39, 0.29) is 0 Å². The molecule has 9 heteroatoms. The number of ether oxygens (including phenoxy) is 1. The van der Waals surface area contributed by atoms with E-state index in [9.17, 15) is 0 Å². The molecule has 172 valence electrons. The van der Waals surface area contributed by atoms with Crippen LogP contribution in [0.4, 0.5) is 17.3 Å². The van der Waals surface area contributed by atoms with E-state index in [0.29, 0.717) is 36.9 Å². The summed E-state index contributed by atoms with van der Waals surface area (Å²) in [7, 11) is 4.07. The Hall–Kier alpha value is -3.82. The number of aromatic nitrogens is 3. The molecule has 0 amide bonds. The topological polar surface area (TPSA) is 133 Å². The maximum Gasteiger partial charge on any atom is 0.165 e. The summed E-state index contributed by atoms with van der Waals surface area (Å²) < 4.78 is 7.76. The molecule has 9 nitrogen and oxygen atoms in total. The summed E-state index contributed by atoms with van der Waals surface area (Å²) in [6, 6.07) is 14.4. The van der Waals surface area contributed by atoms with E-state index >= 15 is 0 Å². The molecule has 0 bridgehead atoms. The summed E-state index contributed by atoms with van der Waals surface area (Å²) in [6.07, 6.45) is 4.43. The summed E-state index contributed by atoms with van der Waals surface area (Å²) in [5.74, 6) is 7.10. The third kappa shape index (κ3) is 5.51. The van der Waals surface area contributed by atoms with Crippen LogP contribution in [-0.4, -0.2) is 46.9 Å². The van der Waals surface area contributed by atoms with E-state index in [1.54, 1.807) is 6.07 Å². The van der Waals surface area contributed by atoms with Gasteiger partial charge in [0.25, 0.3) is 0 Å². The molecule has 0 aliphatic carbocycles. The minimum atomic E-state index is 0.363. The number of fused-ring (bicyclic) bond motifs is 1. The second-order valence-electron chi connectivity index (χ2n) is 8.33. The Morgan fingerprint density at radius 1 is 1.03 bits per heavy atom. The van der Waals surface area contributed by atoms with Crippen molar-refractivity contribution in [3.8, 4) is 5.75 Å². The largest absolute Gasteiger partial charge is 0.492 e. The predicted octanol–water partition coefficient (Wildman–Crippen LogP) is 2.46. The van der Waals surface area contributed by atoms with Crippen molar-refractivity contribution in [2.24, 2.45) is 5.84 Å². The zero-order chi connectivity index (χ0) is 23.4. The van der Waals surface area contributed by atoms with Gasteiger partial charge >= 0.3 is 0 Å². The van der Waals surface area contributed by atoms with Gasteiger partial charge in [-0.15, -0.1) is 0 Å². The molecule has 33 heavy (non-hydrogen) atoms. The van der Waals surface area contributed by atoms with Crippen LogP contribution < -0.4 is 27.5 Å². The molecule has 2 aromatic carbocycles. The standard InChI is InChI=1S/C24H30N8O/c1-31(2)7-8-33-21-6-5-18-9-16(3-4-19(18)11-21)14-32-15-17(13-28-32)10-20-12-22(25)29-24(30-27)23(20)26/h3-6,9,11-13,15H,7-8,10,14,26-27H2,1-2H3,(H3,25,29,30). The van der Waals surface area contributed by atoms with Crippen molar-refractivity contribution in [1.82, 2.24) is 19.7 Å². The fraction of sp³-hybridized carbons (Fsp3) is 0.250. The number of likely N-dealkylation sites (N-methyl/N-ethyl adjacent to an activating group) is 1. The van der Waals surface area contributed by atoms with Gasteiger partial charge in [-0.25, -0.2) is 10.8 Å². The molecule has 2 heterocycles. The normalized spacial score (nSPS) is 11.3. The Morgan fingerprint density at radius 2 is 1.82 bits per heavy atom. The maximum atomic E-state index is 6.15. The SMILES string of the molecule is CN(C)CCOc1ccc2cc(Cn3cc(Cc4cc(N)nc(NN)c4N)cn3)ccc2c1. The number of hydrogen-bond donors (Lipinski definition) is 4. The van der Waals surface area contributed by atoms with Crippen LogP contribution >= 0.6 is 0 Å². The van der Waals surface area contributed by atoms with E-state index in [0.717, 1.165) is 28.8 Å². The van der Waals surface area contributed by atoms with Gasteiger partial charge in [0.2, 0.25) is 0 Å². The minimum Gasteiger partial charge on any atom is -0.492 e. The average Bonchev–Trinajstić information content (AvgIpc) is 3.22. The van der Waals surface area contributed by atoms with Crippen molar-refractivity contribution < 1.29 is 4.74 Å². The van der Waals surface area contributed by atoms with Gasteiger partial charge < -0.3 is 26.5 Å². The Labute approximate surface area is 193 Å². The predicted molar refractivity (Wildman–Crippen MR) is 133 cm³/mol. The van der Waals surface area contributed by atoms with Crippen molar-refractivity contribution in [2.75, 3.05) is 44.1 Å². The summed E-state index contributed by atoms with van der Waals surface area (Å²) in [6.45, 7) is 2.22. The van der Waals surface area contributed by atoms with E-state index in [1.165, 1.54) is 10.9 Å². The second-order valence-corrected chi connectivity index (χ2v) is 8.33. The molecule has 4 rings (SSSR count). The first-order chi connectivity index (χ1) is 15.9. The van der Waals surface area contributed by atoms with E-state index in [2.05, 4.69) is 50.7 Å². The first-order valence-electron chi connectivity index (χ1n) is 10.7. The first kappa shape index (κ1) is 22.4. The summed E-state index contributed by atoms with van der Waals surface area (Å²) in [4.78, 5) is 6.19. The van der Waals surface area contributed by atoms with Crippen LogP contribution in [0.15, 0.2) is 54.9 Å². The number of nitrogens with zero attached hydrogens (tertiary/aromatic N) is 4. The fourth-order valence-corrected chi connectivity index (χ4v) is 3.68. The molecule has 0 atom stereocenters. The van der Waals surface area contributed by atoms with Crippen molar-refractivity contribution in [2.45, 2.75) is 13.0 Å². The third-order valence-electron chi connectivity index (χ3n) is 5.41. The lowest BCUT2D eigenvalue weighted by atomic mass is 10.1. The first-order valence-corrected chi connectivity index (χ1v) is 10.7. The molecule has 0 saturated carbocycles. The lowest BCUT2D eigenvalue weighted by Gasteiger charge is -2.12. The molecule has 0 saturated heterocycles. The zero-order valence-electron chi connectivity index (χ0n) is 19.0. The molecule has 0 unspecified atom stereocenters. The van der Waals surface area contributed by atoms with Gasteiger partial charge in [-0.2, -0.15) is 5.10 Å². The van der Waals surface area contributed by atoms with Gasteiger partial charge in [-0.1, -0.05) is 18.2 Å². The molecule has 2 aromatic heterocycles. The number of nitrogens with one attached hydrogen (secondary N) is 1. The highest BCUT2D eigenvalue weighted by atomic mass is 16.5. The van der Waals surface area contributed by atoms with Crippen molar-refractivity contribution in [3.63, 3.8) is 0 Å². The Balaban J connectivity index is 1.44. The summed E-state index contributed by atoms with van der Waals surface area (Å²) >= 11 is 0. The van der Waals surface area contributed by atoms with Gasteiger partial charge in [0, 0.05) is 19.2 Å². The second kappa shape index (κ2) is 9.76. The Morgan fingerprint density at radius 3 is 2.61 bits per heavy atom. The van der Waals surface area contributed by atoms with Crippen LogP contribution in [0.2, 0.25) is 0 Å². The van der Waals surface area contributed by atoms with Crippen LogP contribution in [0.1, 0.15) is 16.7 Å². The third-order valence-corrected chi connectivity index (χ3v) is 5.41. The smallest absolute Gasteiger partial charge is 0.165 e. The molecule has 4 aromatic rings. The number of hydrazine groups is 1. The van der Waals surface area contributed by atoms with Crippen molar-refractivity contribution in [1.29, 1.82) is 0 Å². The molecular weight excluding hydrogens is 416 g/mol. The summed E-state index contributed by atoms with van der Waals surface area (Å²) in [5, 5.41) is 6.83. The van der Waals surface area contributed by atoms with Gasteiger partial charge in [0.15, 0.2) is 5.82 Å². The van der Waals surface area contributed by atoms with E-state index in [1.807, 2.05) is 37.2 Å². The molecular formula is C24H30N8O. The molecule has 0 aliphatic heterocycles. The number of nitrogen functional groups attached to an aromatic ring is 3. The number of pyridine rings is 1. The van der Waals surface area contributed by atoms with Crippen LogP contribution in [0.25, 0.3) is 10.8 Å².